The molecule has 13 heavy (non-hydrogen) atoms. The summed E-state index contributed by atoms with van der Waals surface area (Å²) in [4.78, 5) is 8.36. The quantitative estimate of drug-likeness (QED) is 0.606. The third-order valence-corrected chi connectivity index (χ3v) is 3.01. The summed E-state index contributed by atoms with van der Waals surface area (Å²) in [7, 11) is 0. The molecule has 0 fully saturated rings. The largest absolute Gasteiger partial charge is 0.244 e. The highest BCUT2D eigenvalue weighted by molar-refractivity contribution is 7.10. The summed E-state index contributed by atoms with van der Waals surface area (Å²) in [5, 5.41) is 6.67. The molecule has 3 aromatic heterocycles. The fourth-order valence-corrected chi connectivity index (χ4v) is 2.30. The van der Waals surface area contributed by atoms with E-state index in [1.165, 1.54) is 23.1 Å². The van der Waals surface area contributed by atoms with E-state index in [0.29, 0.717) is 5.78 Å². The molecule has 0 radical (unpaired) electrons. The van der Waals surface area contributed by atoms with Gasteiger partial charge in [0.15, 0.2) is 5.01 Å². The topological polar surface area (TPSA) is 56.0 Å². The maximum absolute atomic E-state index is 4.29. The molecule has 0 aromatic carbocycles. The molecule has 0 saturated heterocycles. The molecule has 3 heterocycles. The van der Waals surface area contributed by atoms with E-state index in [9.17, 15) is 0 Å². The van der Waals surface area contributed by atoms with Gasteiger partial charge < -0.3 is 0 Å². The first-order chi connectivity index (χ1) is 6.43. The fraction of sp³-hybridized carbons (Fsp3) is 0. The van der Waals surface area contributed by atoms with Crippen molar-refractivity contribution in [2.24, 2.45) is 0 Å². The number of hydrogen-bond acceptors (Lipinski definition) is 6. The molecule has 0 N–H and O–H groups in total. The van der Waals surface area contributed by atoms with Crippen molar-refractivity contribution in [1.29, 1.82) is 0 Å². The molecule has 0 bridgehead atoms. The van der Waals surface area contributed by atoms with Gasteiger partial charge in [0.25, 0.3) is 0 Å². The van der Waals surface area contributed by atoms with Crippen LogP contribution in [0.4, 0.5) is 0 Å². The predicted molar refractivity (Wildman–Crippen MR) is 49.8 cm³/mol. The third-order valence-electron chi connectivity index (χ3n) is 1.55. The maximum atomic E-state index is 4.29. The van der Waals surface area contributed by atoms with E-state index in [4.69, 9.17) is 0 Å². The first-order valence-electron chi connectivity index (χ1n) is 3.51. The molecule has 0 atom stereocenters. The SMILES string of the molecule is c1cn2sc(-c3csnn3)nc2n1. The zero-order chi connectivity index (χ0) is 8.67. The van der Waals surface area contributed by atoms with Gasteiger partial charge in [-0.2, -0.15) is 4.98 Å². The van der Waals surface area contributed by atoms with Gasteiger partial charge in [0.1, 0.15) is 5.69 Å². The molecule has 7 heteroatoms. The molecule has 0 aliphatic rings. The second-order valence-electron chi connectivity index (χ2n) is 2.35. The van der Waals surface area contributed by atoms with Crippen molar-refractivity contribution in [1.82, 2.24) is 23.3 Å². The molecule has 0 saturated carbocycles. The predicted octanol–water partition coefficient (Wildman–Crippen LogP) is 1.31. The monoisotopic (exact) mass is 209 g/mol. The molecule has 0 unspecified atom stereocenters. The Morgan fingerprint density at radius 2 is 2.38 bits per heavy atom. The lowest BCUT2D eigenvalue weighted by Gasteiger charge is -1.80. The summed E-state index contributed by atoms with van der Waals surface area (Å²) in [6.45, 7) is 0. The number of imidazole rings is 1. The lowest BCUT2D eigenvalue weighted by Crippen LogP contribution is -1.75. The third kappa shape index (κ3) is 1.04. The van der Waals surface area contributed by atoms with Gasteiger partial charge in [-0.1, -0.05) is 4.49 Å². The molecule has 0 amide bonds. The van der Waals surface area contributed by atoms with E-state index in [-0.39, 0.29) is 0 Å². The van der Waals surface area contributed by atoms with E-state index >= 15 is 0 Å². The Labute approximate surface area is 81.0 Å². The van der Waals surface area contributed by atoms with Crippen LogP contribution in [0.15, 0.2) is 17.8 Å². The zero-order valence-electron chi connectivity index (χ0n) is 6.28. The molecule has 0 aliphatic carbocycles. The Bertz CT molecular complexity index is 493. The number of aromatic nitrogens is 5. The van der Waals surface area contributed by atoms with Crippen molar-refractivity contribution in [2.75, 3.05) is 0 Å². The first-order valence-corrected chi connectivity index (χ1v) is 5.12. The highest BCUT2D eigenvalue weighted by Gasteiger charge is 2.08. The molecule has 0 aliphatic heterocycles. The Balaban J connectivity index is 2.23. The van der Waals surface area contributed by atoms with Gasteiger partial charge in [0.05, 0.1) is 0 Å². The molecule has 3 rings (SSSR count). The highest BCUT2D eigenvalue weighted by atomic mass is 32.1. The van der Waals surface area contributed by atoms with Crippen molar-refractivity contribution < 1.29 is 0 Å². The Morgan fingerprint density at radius 3 is 3.15 bits per heavy atom. The van der Waals surface area contributed by atoms with Crippen molar-refractivity contribution in [3.63, 3.8) is 0 Å². The molecule has 3 aromatic rings. The normalized spacial score (nSPS) is 11.1. The fourth-order valence-electron chi connectivity index (χ4n) is 1.000. The molecule has 5 nitrogen and oxygen atoms in total. The highest BCUT2D eigenvalue weighted by Crippen LogP contribution is 2.21. The van der Waals surface area contributed by atoms with Crippen LogP contribution in [-0.2, 0) is 0 Å². The second kappa shape index (κ2) is 2.57. The number of hydrogen-bond donors (Lipinski definition) is 0. The average Bonchev–Trinajstić information content (AvgIpc) is 2.78. The van der Waals surface area contributed by atoms with Gasteiger partial charge in [-0.15, -0.1) is 5.10 Å². The second-order valence-corrected chi connectivity index (χ2v) is 3.92. The minimum absolute atomic E-state index is 0.716. The Hall–Kier alpha value is -1.34. The summed E-state index contributed by atoms with van der Waals surface area (Å²) >= 11 is 2.83. The van der Waals surface area contributed by atoms with Crippen molar-refractivity contribution >= 4 is 28.8 Å². The molecule has 64 valence electrons. The van der Waals surface area contributed by atoms with Crippen molar-refractivity contribution in [2.45, 2.75) is 0 Å². The van der Waals surface area contributed by atoms with Gasteiger partial charge in [-0.25, -0.2) is 8.77 Å². The molecular weight excluding hydrogens is 206 g/mol. The average molecular weight is 209 g/mol. The van der Waals surface area contributed by atoms with Gasteiger partial charge in [0.2, 0.25) is 5.78 Å². The van der Waals surface area contributed by atoms with Crippen LogP contribution >= 0.6 is 23.1 Å². The van der Waals surface area contributed by atoms with Crippen LogP contribution in [0.3, 0.4) is 0 Å². The Morgan fingerprint density at radius 1 is 1.38 bits per heavy atom. The smallest absolute Gasteiger partial charge is 0.237 e. The molecule has 0 spiro atoms. The summed E-state index contributed by atoms with van der Waals surface area (Å²) in [5.74, 6) is 0.716. The van der Waals surface area contributed by atoms with Crippen LogP contribution in [-0.4, -0.2) is 23.3 Å². The first kappa shape index (κ1) is 7.10. The van der Waals surface area contributed by atoms with Crippen molar-refractivity contribution in [3.8, 4) is 10.7 Å². The van der Waals surface area contributed by atoms with E-state index in [1.807, 2.05) is 15.4 Å². The van der Waals surface area contributed by atoms with Gasteiger partial charge in [-0.05, 0) is 23.1 Å². The van der Waals surface area contributed by atoms with Gasteiger partial charge >= 0.3 is 0 Å². The van der Waals surface area contributed by atoms with Crippen LogP contribution in [0, 0.1) is 0 Å². The van der Waals surface area contributed by atoms with E-state index in [1.54, 1.807) is 6.20 Å². The number of rotatable bonds is 1. The van der Waals surface area contributed by atoms with Crippen LogP contribution < -0.4 is 0 Å². The maximum Gasteiger partial charge on any atom is 0.244 e. The van der Waals surface area contributed by atoms with E-state index in [2.05, 4.69) is 19.6 Å². The summed E-state index contributed by atoms with van der Waals surface area (Å²) in [5.41, 5.74) is 0.820. The minimum atomic E-state index is 0.716. The zero-order valence-corrected chi connectivity index (χ0v) is 7.92. The van der Waals surface area contributed by atoms with Crippen LogP contribution in [0.25, 0.3) is 16.5 Å². The number of fused-ring (bicyclic) bond motifs is 1. The number of nitrogens with zero attached hydrogens (tertiary/aromatic N) is 5. The Kier molecular flexibility index (Phi) is 1.41. The molecular formula is C6H3N5S2. The minimum Gasteiger partial charge on any atom is -0.237 e. The standard InChI is InChI=1S/C6H3N5S2/c1-2-11-6(7-1)8-5(13-11)4-3-12-10-9-4/h1-3H. The van der Waals surface area contributed by atoms with Crippen LogP contribution in [0.1, 0.15) is 0 Å². The lowest BCUT2D eigenvalue weighted by atomic mass is 10.5. The van der Waals surface area contributed by atoms with E-state index in [0.717, 1.165) is 10.7 Å². The lowest BCUT2D eigenvalue weighted by molar-refractivity contribution is 1.15. The summed E-state index contributed by atoms with van der Waals surface area (Å²) < 4.78 is 5.68. The van der Waals surface area contributed by atoms with Crippen LogP contribution in [0.2, 0.25) is 0 Å². The van der Waals surface area contributed by atoms with E-state index < -0.39 is 0 Å². The van der Waals surface area contributed by atoms with Gasteiger partial charge in [0, 0.05) is 17.8 Å². The van der Waals surface area contributed by atoms with Gasteiger partial charge in [-0.3, -0.25) is 0 Å². The summed E-state index contributed by atoms with van der Waals surface area (Å²) in [6, 6.07) is 0. The van der Waals surface area contributed by atoms with Crippen LogP contribution in [0.5, 0.6) is 0 Å². The van der Waals surface area contributed by atoms with Crippen molar-refractivity contribution in [3.05, 3.63) is 17.8 Å². The summed E-state index contributed by atoms with van der Waals surface area (Å²) in [6.07, 6.45) is 3.60.